The van der Waals surface area contributed by atoms with Crippen LogP contribution >= 0.6 is 15.9 Å². The number of hydrogen-bond donors (Lipinski definition) is 0. The first-order chi connectivity index (χ1) is 7.48. The molecule has 0 radical (unpaired) electrons. The molecule has 66 valence electrons. The van der Waals surface area contributed by atoms with E-state index in [1.807, 2.05) is 30.3 Å². The zero-order chi connectivity index (χ0) is 11.8. The fourth-order valence-electron chi connectivity index (χ4n) is 1.14. The molecule has 0 aliphatic rings. The van der Waals surface area contributed by atoms with Gasteiger partial charge in [0, 0.05) is 22.8 Å². The number of nitrogens with zero attached hydrogens (tertiary/aromatic N) is 2. The van der Waals surface area contributed by atoms with Crippen molar-refractivity contribution in [2.45, 2.75) is 0 Å². The van der Waals surface area contributed by atoms with Crippen LogP contribution < -0.4 is 0 Å². The van der Waals surface area contributed by atoms with E-state index in [2.05, 4.69) is 20.9 Å². The summed E-state index contributed by atoms with van der Waals surface area (Å²) in [6.07, 6.45) is 1.47. The van der Waals surface area contributed by atoms with Crippen molar-refractivity contribution in [1.82, 2.24) is 9.55 Å². The van der Waals surface area contributed by atoms with Crippen molar-refractivity contribution in [2.24, 2.45) is 6.98 Å². The van der Waals surface area contributed by atoms with Crippen LogP contribution in [0, 0.1) is 0 Å². The Kier molecular flexibility index (Phi) is 1.44. The van der Waals surface area contributed by atoms with Crippen LogP contribution in [0.2, 0.25) is 0 Å². The molecule has 0 spiro atoms. The lowest BCUT2D eigenvalue weighted by Gasteiger charge is -1.99. The molecule has 0 aliphatic carbocycles. The Bertz CT molecular complexity index is 491. The molecule has 0 aliphatic heterocycles. The molecule has 1 aromatic carbocycles. The molecule has 2 aromatic rings. The van der Waals surface area contributed by atoms with Gasteiger partial charge in [0.1, 0.15) is 10.4 Å². The summed E-state index contributed by atoms with van der Waals surface area (Å²) in [4.78, 5) is 4.17. The molecule has 3 heteroatoms. The zero-order valence-corrected chi connectivity index (χ0v) is 8.32. The summed E-state index contributed by atoms with van der Waals surface area (Å²) < 4.78 is 23.9. The third-order valence-electron chi connectivity index (χ3n) is 1.71. The van der Waals surface area contributed by atoms with Gasteiger partial charge in [-0.25, -0.2) is 4.98 Å². The highest BCUT2D eigenvalue weighted by Crippen LogP contribution is 2.19. The molecule has 0 unspecified atom stereocenters. The fourth-order valence-corrected chi connectivity index (χ4v) is 1.52. The average Bonchev–Trinajstić information content (AvgIpc) is 2.61. The lowest BCUT2D eigenvalue weighted by molar-refractivity contribution is 0.924. The molecule has 2 nitrogen and oxygen atoms in total. The second kappa shape index (κ2) is 3.34. The van der Waals surface area contributed by atoms with E-state index >= 15 is 0 Å². The number of rotatable bonds is 1. The zero-order valence-electron chi connectivity index (χ0n) is 9.74. The average molecular weight is 240 g/mol. The smallest absolute Gasteiger partial charge is 0.141 e. The highest BCUT2D eigenvalue weighted by atomic mass is 79.9. The molecule has 0 bridgehead atoms. The maximum absolute atomic E-state index is 7.41. The maximum Gasteiger partial charge on any atom is 0.141 e. The van der Waals surface area contributed by atoms with E-state index in [4.69, 9.17) is 4.11 Å². The molecule has 0 N–H and O–H groups in total. The Morgan fingerprint density at radius 2 is 2.15 bits per heavy atom. The minimum absolute atomic E-state index is 0.437. The van der Waals surface area contributed by atoms with Crippen LogP contribution in [-0.2, 0) is 6.98 Å². The summed E-state index contributed by atoms with van der Waals surface area (Å²) in [6.45, 7) is -2.22. The number of hydrogen-bond acceptors (Lipinski definition) is 1. The van der Waals surface area contributed by atoms with Gasteiger partial charge in [-0.15, -0.1) is 0 Å². The molecule has 0 atom stereocenters. The summed E-state index contributed by atoms with van der Waals surface area (Å²) in [5, 5.41) is 0. The molecule has 1 heterocycles. The molecule has 0 saturated carbocycles. The Hall–Kier alpha value is -1.09. The predicted octanol–water partition coefficient (Wildman–Crippen LogP) is 2.85. The van der Waals surface area contributed by atoms with Crippen LogP contribution in [0.4, 0.5) is 0 Å². The van der Waals surface area contributed by atoms with Crippen molar-refractivity contribution >= 4 is 15.9 Å². The van der Waals surface area contributed by atoms with Crippen molar-refractivity contribution < 1.29 is 4.11 Å². The summed E-state index contributed by atoms with van der Waals surface area (Å²) in [6, 6.07) is 9.23. The predicted molar refractivity (Wildman–Crippen MR) is 56.3 cm³/mol. The monoisotopic (exact) mass is 239 g/mol. The van der Waals surface area contributed by atoms with Gasteiger partial charge in [-0.2, -0.15) is 0 Å². The number of aromatic nitrogens is 2. The number of benzene rings is 1. The number of imidazole rings is 1. The van der Waals surface area contributed by atoms with E-state index in [1.165, 1.54) is 10.8 Å². The lowest BCUT2D eigenvalue weighted by Crippen LogP contribution is -1.89. The third kappa shape index (κ3) is 1.65. The maximum atomic E-state index is 7.41. The Balaban J connectivity index is 2.58. The summed E-state index contributed by atoms with van der Waals surface area (Å²) in [5.41, 5.74) is 0.782. The van der Waals surface area contributed by atoms with E-state index < -0.39 is 6.98 Å². The number of aryl methyl sites for hydroxylation is 1. The topological polar surface area (TPSA) is 17.8 Å². The second-order valence-electron chi connectivity index (χ2n) is 2.62. The molecular weight excluding hydrogens is 228 g/mol. The lowest BCUT2D eigenvalue weighted by atomic mass is 10.2. The van der Waals surface area contributed by atoms with E-state index in [0.717, 1.165) is 5.56 Å². The van der Waals surface area contributed by atoms with Gasteiger partial charge < -0.3 is 4.57 Å². The Labute approximate surface area is 89.6 Å². The van der Waals surface area contributed by atoms with Gasteiger partial charge in [0.15, 0.2) is 0 Å². The first-order valence-corrected chi connectivity index (χ1v) is 4.58. The second-order valence-corrected chi connectivity index (χ2v) is 3.44. The quantitative estimate of drug-likeness (QED) is 0.749. The summed E-state index contributed by atoms with van der Waals surface area (Å²) in [5.74, 6) is 0.437. The molecule has 2 rings (SSSR count). The first kappa shape index (κ1) is 5.60. The fraction of sp³-hybridized carbons (Fsp3) is 0.100. The molecule has 13 heavy (non-hydrogen) atoms. The van der Waals surface area contributed by atoms with E-state index in [1.54, 1.807) is 0 Å². The van der Waals surface area contributed by atoms with Crippen LogP contribution in [0.3, 0.4) is 0 Å². The third-order valence-corrected chi connectivity index (χ3v) is 2.09. The molecule has 0 saturated heterocycles. The van der Waals surface area contributed by atoms with Crippen LogP contribution in [0.5, 0.6) is 0 Å². The highest BCUT2D eigenvalue weighted by Gasteiger charge is 2.04. The van der Waals surface area contributed by atoms with Crippen molar-refractivity contribution in [3.63, 3.8) is 0 Å². The van der Waals surface area contributed by atoms with Crippen LogP contribution in [0.15, 0.2) is 41.1 Å². The summed E-state index contributed by atoms with van der Waals surface area (Å²) in [7, 11) is 0. The SMILES string of the molecule is [2H]C([2H])([2H])n1cc(Br)nc1-c1ccccc1. The van der Waals surface area contributed by atoms with Crippen molar-refractivity contribution in [3.8, 4) is 11.4 Å². The highest BCUT2D eigenvalue weighted by molar-refractivity contribution is 9.10. The molecule has 0 fully saturated rings. The largest absolute Gasteiger partial charge is 0.333 e. The van der Waals surface area contributed by atoms with Gasteiger partial charge in [-0.1, -0.05) is 30.3 Å². The van der Waals surface area contributed by atoms with Crippen molar-refractivity contribution in [1.29, 1.82) is 0 Å². The summed E-state index contributed by atoms with van der Waals surface area (Å²) >= 11 is 3.19. The van der Waals surface area contributed by atoms with Gasteiger partial charge >= 0.3 is 0 Å². The van der Waals surface area contributed by atoms with Crippen LogP contribution in [0.25, 0.3) is 11.4 Å². The first-order valence-electron chi connectivity index (χ1n) is 5.29. The van der Waals surface area contributed by atoms with Gasteiger partial charge in [-0.05, 0) is 15.9 Å². The molecular formula is C10H9BrN2. The normalized spacial score (nSPS) is 14.7. The Morgan fingerprint density at radius 3 is 2.85 bits per heavy atom. The van der Waals surface area contributed by atoms with E-state index in [9.17, 15) is 0 Å². The van der Waals surface area contributed by atoms with Gasteiger partial charge in [0.25, 0.3) is 0 Å². The van der Waals surface area contributed by atoms with E-state index in [-0.39, 0.29) is 0 Å². The minimum atomic E-state index is -2.22. The van der Waals surface area contributed by atoms with Gasteiger partial charge in [0.05, 0.1) is 0 Å². The van der Waals surface area contributed by atoms with Gasteiger partial charge in [0.2, 0.25) is 0 Å². The number of halogens is 1. The van der Waals surface area contributed by atoms with Crippen molar-refractivity contribution in [3.05, 3.63) is 41.1 Å². The standard InChI is InChI=1S/C10H9BrN2/c1-13-7-9(11)12-10(13)8-5-3-2-4-6-8/h2-7H,1H3/i1D3. The molecule has 1 aromatic heterocycles. The Morgan fingerprint density at radius 1 is 1.38 bits per heavy atom. The minimum Gasteiger partial charge on any atom is -0.333 e. The van der Waals surface area contributed by atoms with E-state index in [0.29, 0.717) is 10.4 Å². The van der Waals surface area contributed by atoms with Crippen LogP contribution in [-0.4, -0.2) is 9.55 Å². The molecule has 0 amide bonds. The van der Waals surface area contributed by atoms with Crippen LogP contribution in [0.1, 0.15) is 4.11 Å². The van der Waals surface area contributed by atoms with Gasteiger partial charge in [-0.3, -0.25) is 0 Å². The van der Waals surface area contributed by atoms with Crippen molar-refractivity contribution in [2.75, 3.05) is 0 Å².